The van der Waals surface area contributed by atoms with Gasteiger partial charge in [-0.3, -0.25) is 9.69 Å². The summed E-state index contributed by atoms with van der Waals surface area (Å²) in [6.07, 6.45) is -0.367. The van der Waals surface area contributed by atoms with E-state index in [1.807, 2.05) is 66.7 Å². The van der Waals surface area contributed by atoms with Crippen LogP contribution in [0.5, 0.6) is 17.2 Å². The largest absolute Gasteiger partial charge is 0.497 e. The van der Waals surface area contributed by atoms with Gasteiger partial charge < -0.3 is 19.5 Å². The number of nitrogens with one attached hydrogen (secondary N) is 1. The number of carbonyl (C=O) groups is 1. The van der Waals surface area contributed by atoms with Gasteiger partial charge in [0.1, 0.15) is 11.9 Å². The summed E-state index contributed by atoms with van der Waals surface area (Å²) >= 11 is 0. The number of anilines is 2. The summed E-state index contributed by atoms with van der Waals surface area (Å²) in [6, 6.07) is 20.8. The maximum atomic E-state index is 13.4. The van der Waals surface area contributed by atoms with Crippen LogP contribution in [0.4, 0.5) is 11.4 Å². The van der Waals surface area contributed by atoms with E-state index >= 15 is 0 Å². The summed E-state index contributed by atoms with van der Waals surface area (Å²) in [5.41, 5.74) is 3.12. The van der Waals surface area contributed by atoms with Gasteiger partial charge in [-0.25, -0.2) is 0 Å². The highest BCUT2D eigenvalue weighted by Crippen LogP contribution is 2.41. The van der Waals surface area contributed by atoms with E-state index in [2.05, 4.69) is 5.32 Å². The first-order valence-electron chi connectivity index (χ1n) is 8.97. The van der Waals surface area contributed by atoms with Gasteiger partial charge in [0.25, 0.3) is 5.91 Å². The molecule has 2 heterocycles. The van der Waals surface area contributed by atoms with E-state index in [0.717, 1.165) is 22.7 Å². The highest BCUT2D eigenvalue weighted by atomic mass is 16.7. The zero-order valence-corrected chi connectivity index (χ0v) is 15.2. The molecule has 28 heavy (non-hydrogen) atoms. The molecule has 3 aromatic carbocycles. The summed E-state index contributed by atoms with van der Waals surface area (Å²) in [6.45, 7) is 0.190. The van der Waals surface area contributed by atoms with Crippen LogP contribution in [0.15, 0.2) is 66.7 Å². The molecule has 140 valence electrons. The van der Waals surface area contributed by atoms with Crippen molar-refractivity contribution in [1.29, 1.82) is 0 Å². The third kappa shape index (κ3) is 2.62. The van der Waals surface area contributed by atoms with E-state index in [-0.39, 0.29) is 18.9 Å². The summed E-state index contributed by atoms with van der Waals surface area (Å²) in [4.78, 5) is 15.2. The number of hydrogen-bond acceptors (Lipinski definition) is 5. The SMILES string of the molecule is COc1ccc(C2Nc3ccccc3C(=O)N2c2ccc3c(c2)OCO3)cc1. The summed E-state index contributed by atoms with van der Waals surface area (Å²) in [5.74, 6) is 2.01. The van der Waals surface area contributed by atoms with E-state index in [9.17, 15) is 4.79 Å². The first-order valence-corrected chi connectivity index (χ1v) is 8.97. The van der Waals surface area contributed by atoms with Crippen molar-refractivity contribution >= 4 is 17.3 Å². The number of hydrogen-bond donors (Lipinski definition) is 1. The van der Waals surface area contributed by atoms with Crippen molar-refractivity contribution in [1.82, 2.24) is 0 Å². The van der Waals surface area contributed by atoms with E-state index < -0.39 is 0 Å². The fourth-order valence-electron chi connectivity index (χ4n) is 3.57. The van der Waals surface area contributed by atoms with E-state index in [0.29, 0.717) is 17.1 Å². The minimum atomic E-state index is -0.367. The molecule has 3 aromatic rings. The van der Waals surface area contributed by atoms with Crippen molar-refractivity contribution in [3.8, 4) is 17.2 Å². The quantitative estimate of drug-likeness (QED) is 0.745. The minimum Gasteiger partial charge on any atom is -0.497 e. The highest BCUT2D eigenvalue weighted by molar-refractivity contribution is 6.12. The molecular formula is C22H18N2O4. The molecule has 2 aliphatic rings. The maximum Gasteiger partial charge on any atom is 0.262 e. The van der Waals surface area contributed by atoms with E-state index in [4.69, 9.17) is 14.2 Å². The van der Waals surface area contributed by atoms with Crippen LogP contribution in [-0.2, 0) is 0 Å². The molecule has 0 saturated heterocycles. The lowest BCUT2D eigenvalue weighted by Crippen LogP contribution is -2.43. The Kier molecular flexibility index (Phi) is 3.83. The Morgan fingerprint density at radius 2 is 1.79 bits per heavy atom. The molecule has 0 radical (unpaired) electrons. The van der Waals surface area contributed by atoms with Gasteiger partial charge in [0, 0.05) is 11.8 Å². The van der Waals surface area contributed by atoms with Gasteiger partial charge >= 0.3 is 0 Å². The predicted molar refractivity (Wildman–Crippen MR) is 105 cm³/mol. The summed E-state index contributed by atoms with van der Waals surface area (Å²) < 4.78 is 16.2. The standard InChI is InChI=1S/C22H18N2O4/c1-26-16-9-6-14(7-10-16)21-23-18-5-3-2-4-17(18)22(25)24(21)15-8-11-19-20(12-15)28-13-27-19/h2-12,21,23H,13H2,1H3. The lowest BCUT2D eigenvalue weighted by atomic mass is 10.0. The summed E-state index contributed by atoms with van der Waals surface area (Å²) in [7, 11) is 1.63. The first kappa shape index (κ1) is 16.5. The van der Waals surface area contributed by atoms with Crippen molar-refractivity contribution < 1.29 is 19.0 Å². The van der Waals surface area contributed by atoms with Gasteiger partial charge in [-0.15, -0.1) is 0 Å². The molecule has 1 N–H and O–H groups in total. The van der Waals surface area contributed by atoms with Crippen LogP contribution < -0.4 is 24.4 Å². The van der Waals surface area contributed by atoms with Crippen LogP contribution in [0.3, 0.4) is 0 Å². The number of fused-ring (bicyclic) bond motifs is 2. The Balaban J connectivity index is 1.62. The third-order valence-electron chi connectivity index (χ3n) is 4.99. The van der Waals surface area contributed by atoms with Crippen LogP contribution in [0, 0.1) is 0 Å². The lowest BCUT2D eigenvalue weighted by molar-refractivity contribution is 0.0975. The highest BCUT2D eigenvalue weighted by Gasteiger charge is 2.34. The van der Waals surface area contributed by atoms with Crippen LogP contribution in [0.2, 0.25) is 0 Å². The van der Waals surface area contributed by atoms with Crippen molar-refractivity contribution in [2.75, 3.05) is 24.1 Å². The number of rotatable bonds is 3. The van der Waals surface area contributed by atoms with E-state index in [1.54, 1.807) is 12.0 Å². The molecule has 0 aromatic heterocycles. The van der Waals surface area contributed by atoms with Gasteiger partial charge in [-0.1, -0.05) is 24.3 Å². The van der Waals surface area contributed by atoms with Gasteiger partial charge in [-0.05, 0) is 42.0 Å². The predicted octanol–water partition coefficient (Wildman–Crippen LogP) is 4.20. The molecule has 0 aliphatic carbocycles. The van der Waals surface area contributed by atoms with Gasteiger partial charge in [0.2, 0.25) is 6.79 Å². The lowest BCUT2D eigenvalue weighted by Gasteiger charge is -2.38. The average Bonchev–Trinajstić information content (AvgIpc) is 3.21. The zero-order chi connectivity index (χ0) is 19.1. The smallest absolute Gasteiger partial charge is 0.262 e. The Labute approximate surface area is 162 Å². The molecule has 1 unspecified atom stereocenters. The Hall–Kier alpha value is -3.67. The number of amides is 1. The number of benzene rings is 3. The van der Waals surface area contributed by atoms with Gasteiger partial charge in [0.15, 0.2) is 11.5 Å². The number of methoxy groups -OCH3 is 1. The molecule has 6 nitrogen and oxygen atoms in total. The first-order chi connectivity index (χ1) is 13.7. The van der Waals surface area contributed by atoms with Gasteiger partial charge in [0.05, 0.1) is 18.4 Å². The second-order valence-electron chi connectivity index (χ2n) is 6.58. The third-order valence-corrected chi connectivity index (χ3v) is 4.99. The topological polar surface area (TPSA) is 60.0 Å². The molecule has 2 aliphatic heterocycles. The Morgan fingerprint density at radius 1 is 1.00 bits per heavy atom. The Bertz CT molecular complexity index is 1050. The maximum absolute atomic E-state index is 13.4. The molecule has 0 saturated carbocycles. The average molecular weight is 374 g/mol. The van der Waals surface area contributed by atoms with Crippen molar-refractivity contribution in [3.05, 3.63) is 77.9 Å². The monoisotopic (exact) mass is 374 g/mol. The molecule has 0 bridgehead atoms. The van der Waals surface area contributed by atoms with Crippen LogP contribution in [0.1, 0.15) is 22.1 Å². The number of ether oxygens (including phenoxy) is 3. The second kappa shape index (κ2) is 6.49. The van der Waals surface area contributed by atoms with Crippen LogP contribution >= 0.6 is 0 Å². The van der Waals surface area contributed by atoms with Crippen molar-refractivity contribution in [2.45, 2.75) is 6.17 Å². The Morgan fingerprint density at radius 3 is 2.61 bits per heavy atom. The number of carbonyl (C=O) groups excluding carboxylic acids is 1. The fraction of sp³-hybridized carbons (Fsp3) is 0.136. The van der Waals surface area contributed by atoms with Crippen LogP contribution in [0.25, 0.3) is 0 Å². The second-order valence-corrected chi connectivity index (χ2v) is 6.58. The molecular weight excluding hydrogens is 356 g/mol. The number of para-hydroxylation sites is 1. The zero-order valence-electron chi connectivity index (χ0n) is 15.2. The van der Waals surface area contributed by atoms with Crippen molar-refractivity contribution in [2.24, 2.45) is 0 Å². The van der Waals surface area contributed by atoms with Crippen LogP contribution in [-0.4, -0.2) is 19.8 Å². The minimum absolute atomic E-state index is 0.0750. The van der Waals surface area contributed by atoms with Crippen molar-refractivity contribution in [3.63, 3.8) is 0 Å². The normalized spacial score (nSPS) is 17.1. The number of nitrogens with zero attached hydrogens (tertiary/aromatic N) is 1. The summed E-state index contributed by atoms with van der Waals surface area (Å²) in [5, 5.41) is 3.49. The molecule has 0 fully saturated rings. The molecule has 6 heteroatoms. The van der Waals surface area contributed by atoms with E-state index in [1.165, 1.54) is 0 Å². The molecule has 0 spiro atoms. The van der Waals surface area contributed by atoms with Gasteiger partial charge in [-0.2, -0.15) is 0 Å². The molecule has 1 atom stereocenters. The fourth-order valence-corrected chi connectivity index (χ4v) is 3.57. The molecule has 1 amide bonds. The molecule has 5 rings (SSSR count).